The summed E-state index contributed by atoms with van der Waals surface area (Å²) in [5.74, 6) is 8.39. The summed E-state index contributed by atoms with van der Waals surface area (Å²) in [6, 6.07) is 12.8. The highest BCUT2D eigenvalue weighted by Gasteiger charge is 2.27. The summed E-state index contributed by atoms with van der Waals surface area (Å²) in [7, 11) is 1.88. The van der Waals surface area contributed by atoms with Crippen LogP contribution < -0.4 is 11.2 Å². The number of hydrogen-bond acceptors (Lipinski definition) is 4. The number of fused-ring (bicyclic) bond motifs is 1. The molecule has 5 nitrogen and oxygen atoms in total. The van der Waals surface area contributed by atoms with Crippen LogP contribution in [0.1, 0.15) is 25.3 Å². The largest absolute Gasteiger partial charge is 0.367 e. The van der Waals surface area contributed by atoms with E-state index in [0.29, 0.717) is 5.92 Å². The molecule has 27 heavy (non-hydrogen) atoms. The molecule has 0 bridgehead atoms. The van der Waals surface area contributed by atoms with Crippen molar-refractivity contribution in [3.63, 3.8) is 0 Å². The molecule has 2 aromatic heterocycles. The van der Waals surface area contributed by atoms with Gasteiger partial charge in [0.15, 0.2) is 0 Å². The van der Waals surface area contributed by atoms with Crippen molar-refractivity contribution in [3.05, 3.63) is 66.3 Å². The second-order valence-electron chi connectivity index (χ2n) is 7.51. The summed E-state index contributed by atoms with van der Waals surface area (Å²) in [5, 5.41) is 6.30. The van der Waals surface area contributed by atoms with Crippen molar-refractivity contribution in [1.29, 1.82) is 0 Å². The van der Waals surface area contributed by atoms with E-state index in [1.54, 1.807) is 5.01 Å². The number of allylic oxidation sites excluding steroid dienone is 1. The number of H-pyrrole nitrogens is 1. The predicted molar refractivity (Wildman–Crippen MR) is 110 cm³/mol. The summed E-state index contributed by atoms with van der Waals surface area (Å²) >= 11 is 0. The molecule has 140 valence electrons. The van der Waals surface area contributed by atoms with Gasteiger partial charge in [0, 0.05) is 31.4 Å². The van der Waals surface area contributed by atoms with Gasteiger partial charge in [-0.25, -0.2) is 10.8 Å². The number of pyridine rings is 1. The third kappa shape index (κ3) is 3.98. The van der Waals surface area contributed by atoms with Crippen LogP contribution in [0.3, 0.4) is 0 Å². The maximum absolute atomic E-state index is 6.01. The second kappa shape index (κ2) is 7.45. The molecule has 1 aliphatic carbocycles. The van der Waals surface area contributed by atoms with Crippen molar-refractivity contribution in [2.75, 3.05) is 7.05 Å². The second-order valence-corrected chi connectivity index (χ2v) is 7.51. The van der Waals surface area contributed by atoms with Crippen LogP contribution in [0.15, 0.2) is 60.7 Å². The zero-order chi connectivity index (χ0) is 18.8. The molecule has 1 fully saturated rings. The molecule has 1 aliphatic rings. The highest BCUT2D eigenvalue weighted by Crippen LogP contribution is 2.37. The van der Waals surface area contributed by atoms with Gasteiger partial charge in [-0.3, -0.25) is 0 Å². The maximum Gasteiger partial charge on any atom is 0.137 e. The maximum atomic E-state index is 6.01. The van der Waals surface area contributed by atoms with Crippen LogP contribution in [0.5, 0.6) is 0 Å². The van der Waals surface area contributed by atoms with Gasteiger partial charge < -0.3 is 15.3 Å². The van der Waals surface area contributed by atoms with Crippen molar-refractivity contribution in [3.8, 4) is 11.1 Å². The Bertz CT molecular complexity index is 935. The van der Waals surface area contributed by atoms with E-state index in [-0.39, 0.29) is 0 Å². The van der Waals surface area contributed by atoms with Crippen LogP contribution in [0.25, 0.3) is 22.2 Å². The Labute approximate surface area is 160 Å². The molecular weight excluding hydrogens is 334 g/mol. The van der Waals surface area contributed by atoms with E-state index >= 15 is 0 Å². The van der Waals surface area contributed by atoms with Crippen LogP contribution >= 0.6 is 0 Å². The molecule has 1 unspecified atom stereocenters. The van der Waals surface area contributed by atoms with Crippen molar-refractivity contribution in [2.24, 2.45) is 17.7 Å². The Morgan fingerprint density at radius 3 is 2.78 bits per heavy atom. The van der Waals surface area contributed by atoms with E-state index in [1.165, 1.54) is 29.5 Å². The molecular formula is C22H27N5. The number of hydrogen-bond donors (Lipinski definition) is 3. The Morgan fingerprint density at radius 2 is 2.07 bits per heavy atom. The summed E-state index contributed by atoms with van der Waals surface area (Å²) in [5.41, 5.74) is 4.54. The van der Waals surface area contributed by atoms with Crippen LogP contribution in [0, 0.1) is 11.8 Å². The third-order valence-corrected chi connectivity index (χ3v) is 5.37. The Hall–Kier alpha value is -2.79. The zero-order valence-electron chi connectivity index (χ0n) is 15.9. The van der Waals surface area contributed by atoms with Crippen LogP contribution in [0.4, 0.5) is 0 Å². The highest BCUT2D eigenvalue weighted by atomic mass is 15.4. The van der Waals surface area contributed by atoms with Gasteiger partial charge in [-0.05, 0) is 59.6 Å². The number of nitrogens with one attached hydrogen (secondary N) is 2. The van der Waals surface area contributed by atoms with Gasteiger partial charge in [-0.15, -0.1) is 0 Å². The number of hydrazine groups is 1. The lowest BCUT2D eigenvalue weighted by Crippen LogP contribution is -2.34. The third-order valence-electron chi connectivity index (χ3n) is 5.37. The summed E-state index contributed by atoms with van der Waals surface area (Å²) in [6.07, 6.45) is 8.71. The van der Waals surface area contributed by atoms with Crippen molar-refractivity contribution in [1.82, 2.24) is 20.3 Å². The Morgan fingerprint density at radius 1 is 1.30 bits per heavy atom. The first kappa shape index (κ1) is 17.6. The minimum Gasteiger partial charge on any atom is -0.367 e. The number of aromatic nitrogens is 2. The van der Waals surface area contributed by atoms with Crippen molar-refractivity contribution in [2.45, 2.75) is 26.3 Å². The zero-order valence-corrected chi connectivity index (χ0v) is 15.9. The van der Waals surface area contributed by atoms with Crippen molar-refractivity contribution >= 4 is 11.0 Å². The summed E-state index contributed by atoms with van der Waals surface area (Å²) in [4.78, 5) is 7.53. The van der Waals surface area contributed by atoms with Crippen LogP contribution in [0.2, 0.25) is 0 Å². The van der Waals surface area contributed by atoms with E-state index < -0.39 is 0 Å². The van der Waals surface area contributed by atoms with Crippen LogP contribution in [-0.2, 0) is 6.54 Å². The molecule has 3 aromatic rings. The molecule has 1 saturated carbocycles. The first-order valence-electron chi connectivity index (χ1n) is 9.57. The molecule has 5 heteroatoms. The normalized spacial score (nSPS) is 15.7. The minimum absolute atomic E-state index is 0.566. The smallest absolute Gasteiger partial charge is 0.137 e. The lowest BCUT2D eigenvalue weighted by molar-refractivity contribution is 0.391. The molecule has 0 saturated heterocycles. The molecule has 0 aliphatic heterocycles. The molecule has 1 aromatic carbocycles. The quantitative estimate of drug-likeness (QED) is 0.439. The van der Waals surface area contributed by atoms with E-state index in [0.717, 1.165) is 29.3 Å². The molecule has 1 atom stereocenters. The van der Waals surface area contributed by atoms with Gasteiger partial charge in [0.25, 0.3) is 0 Å². The van der Waals surface area contributed by atoms with Gasteiger partial charge in [-0.1, -0.05) is 31.2 Å². The minimum atomic E-state index is 0.566. The Balaban J connectivity index is 1.47. The van der Waals surface area contributed by atoms with Crippen molar-refractivity contribution < 1.29 is 0 Å². The van der Waals surface area contributed by atoms with Gasteiger partial charge in [0.1, 0.15) is 11.5 Å². The molecule has 4 N–H and O–H groups in total. The first-order chi connectivity index (χ1) is 13.1. The summed E-state index contributed by atoms with van der Waals surface area (Å²) < 4.78 is 0. The number of rotatable bonds is 7. The number of nitrogens with zero attached hydrogens (tertiary/aromatic N) is 2. The summed E-state index contributed by atoms with van der Waals surface area (Å²) in [6.45, 7) is 3.02. The molecule has 0 spiro atoms. The van der Waals surface area contributed by atoms with Gasteiger partial charge in [0.2, 0.25) is 0 Å². The van der Waals surface area contributed by atoms with Gasteiger partial charge in [0.05, 0.1) is 0 Å². The Kier molecular flexibility index (Phi) is 4.86. The van der Waals surface area contributed by atoms with E-state index in [1.807, 2.05) is 19.4 Å². The fourth-order valence-corrected chi connectivity index (χ4v) is 3.52. The standard InChI is InChI=1S/C22H27N5/c1-15(17-7-8-17)13-21(27(2)23)26-14-16-3-5-18(6-4-16)19-9-11-24-22-20(19)10-12-25-22/h3-6,9-13,15,17,26H,7-8,14,23H2,1-2H3,(H,24,25)/b21-13-. The highest BCUT2D eigenvalue weighted by molar-refractivity contribution is 5.92. The fraction of sp³-hybridized carbons (Fsp3) is 0.318. The number of nitrogens with two attached hydrogens (primary N) is 1. The lowest BCUT2D eigenvalue weighted by Gasteiger charge is -2.20. The number of benzene rings is 1. The fourth-order valence-electron chi connectivity index (χ4n) is 3.52. The SMILES string of the molecule is CC(/C=C(/NCc1ccc(-c2ccnc3[nH]ccc23)cc1)N(C)N)C1CC1. The van der Waals surface area contributed by atoms with Gasteiger partial charge in [-0.2, -0.15) is 0 Å². The van der Waals surface area contributed by atoms with E-state index in [9.17, 15) is 0 Å². The molecule has 4 rings (SSSR count). The monoisotopic (exact) mass is 361 g/mol. The predicted octanol–water partition coefficient (Wildman–Crippen LogP) is 4.01. The van der Waals surface area contributed by atoms with E-state index in [2.05, 4.69) is 64.7 Å². The van der Waals surface area contributed by atoms with Crippen LogP contribution in [-0.4, -0.2) is 22.0 Å². The number of aromatic amines is 1. The average molecular weight is 361 g/mol. The topological polar surface area (TPSA) is 70.0 Å². The van der Waals surface area contributed by atoms with E-state index in [4.69, 9.17) is 5.84 Å². The molecule has 0 amide bonds. The van der Waals surface area contributed by atoms with Gasteiger partial charge >= 0.3 is 0 Å². The molecule has 0 radical (unpaired) electrons. The first-order valence-corrected chi connectivity index (χ1v) is 9.57. The molecule has 2 heterocycles. The lowest BCUT2D eigenvalue weighted by atomic mass is 10.0. The average Bonchev–Trinajstić information content (AvgIpc) is 3.42.